The Kier molecular flexibility index (Phi) is 7.15. The molecule has 0 heterocycles. The first-order chi connectivity index (χ1) is 13.6. The van der Waals surface area contributed by atoms with Gasteiger partial charge in [-0.3, -0.25) is 9.59 Å². The summed E-state index contributed by atoms with van der Waals surface area (Å²) in [7, 11) is 1.31. The van der Waals surface area contributed by atoms with Gasteiger partial charge in [0.15, 0.2) is 0 Å². The zero-order valence-corrected chi connectivity index (χ0v) is 17.6. The van der Waals surface area contributed by atoms with Gasteiger partial charge in [-0.2, -0.15) is 0 Å². The highest BCUT2D eigenvalue weighted by Gasteiger charge is 2.17. The predicted molar refractivity (Wildman–Crippen MR) is 114 cm³/mol. The Morgan fingerprint density at radius 2 is 1.55 bits per heavy atom. The maximum Gasteiger partial charge on any atom is 0.337 e. The number of benzene rings is 2. The average Bonchev–Trinajstić information content (AvgIpc) is 2.67. The molecule has 0 radical (unpaired) electrons. The largest absolute Gasteiger partial charge is 0.465 e. The van der Waals surface area contributed by atoms with Crippen molar-refractivity contribution in [1.29, 1.82) is 0 Å². The third kappa shape index (κ3) is 6.17. The second-order valence-corrected chi connectivity index (χ2v) is 7.83. The summed E-state index contributed by atoms with van der Waals surface area (Å²) >= 11 is 0. The molecule has 0 saturated carbocycles. The highest BCUT2D eigenvalue weighted by atomic mass is 16.5. The number of nitrogens with one attached hydrogen (secondary N) is 1. The maximum atomic E-state index is 12.3. The first-order valence-electron chi connectivity index (χ1n) is 9.48. The van der Waals surface area contributed by atoms with Crippen LogP contribution in [-0.2, 0) is 19.7 Å². The van der Waals surface area contributed by atoms with Gasteiger partial charge in [0.05, 0.1) is 12.7 Å². The van der Waals surface area contributed by atoms with Crippen LogP contribution in [0.3, 0.4) is 0 Å². The molecule has 2 rings (SSSR count). The van der Waals surface area contributed by atoms with Gasteiger partial charge in [-0.15, -0.1) is 0 Å². The van der Waals surface area contributed by atoms with Crippen molar-refractivity contribution in [2.75, 3.05) is 23.9 Å². The molecule has 2 aromatic rings. The number of hydrogen-bond donors (Lipinski definition) is 1. The Hall–Kier alpha value is -3.15. The quantitative estimate of drug-likeness (QED) is 0.744. The fourth-order valence-corrected chi connectivity index (χ4v) is 2.85. The fraction of sp³-hybridized carbons (Fsp3) is 0.348. The minimum Gasteiger partial charge on any atom is -0.465 e. The molecular formula is C23H28N2O4. The van der Waals surface area contributed by atoms with Crippen LogP contribution in [0, 0.1) is 0 Å². The number of methoxy groups -OCH3 is 1. The molecule has 29 heavy (non-hydrogen) atoms. The molecule has 0 aliphatic heterocycles. The number of esters is 1. The SMILES string of the molecule is COC(=O)c1ccc(NC(=O)CCN(C(C)=O)c2ccc(C(C)(C)C)cc2)cc1. The topological polar surface area (TPSA) is 75.7 Å². The first kappa shape index (κ1) is 22.1. The summed E-state index contributed by atoms with van der Waals surface area (Å²) in [5.41, 5.74) is 2.96. The molecular weight excluding hydrogens is 368 g/mol. The fourth-order valence-electron chi connectivity index (χ4n) is 2.85. The van der Waals surface area contributed by atoms with E-state index in [1.165, 1.54) is 19.6 Å². The molecule has 0 bridgehead atoms. The van der Waals surface area contributed by atoms with E-state index in [9.17, 15) is 14.4 Å². The molecule has 0 spiro atoms. The van der Waals surface area contributed by atoms with Gasteiger partial charge in [-0.25, -0.2) is 4.79 Å². The van der Waals surface area contributed by atoms with E-state index in [1.807, 2.05) is 24.3 Å². The van der Waals surface area contributed by atoms with E-state index < -0.39 is 5.97 Å². The number of rotatable bonds is 6. The van der Waals surface area contributed by atoms with Gasteiger partial charge >= 0.3 is 5.97 Å². The van der Waals surface area contributed by atoms with Crippen LogP contribution in [0.4, 0.5) is 11.4 Å². The minimum absolute atomic E-state index is 0.0306. The van der Waals surface area contributed by atoms with Crippen molar-refractivity contribution < 1.29 is 19.1 Å². The summed E-state index contributed by atoms with van der Waals surface area (Å²) in [6, 6.07) is 14.3. The number of hydrogen-bond acceptors (Lipinski definition) is 4. The number of amides is 2. The third-order valence-corrected chi connectivity index (χ3v) is 4.58. The Labute approximate surface area is 171 Å². The van der Waals surface area contributed by atoms with Crippen LogP contribution < -0.4 is 10.2 Å². The molecule has 0 saturated heterocycles. The average molecular weight is 396 g/mol. The summed E-state index contributed by atoms with van der Waals surface area (Å²) < 4.78 is 4.65. The first-order valence-corrected chi connectivity index (χ1v) is 9.48. The summed E-state index contributed by atoms with van der Waals surface area (Å²) in [6.07, 6.45) is 0.152. The summed E-state index contributed by atoms with van der Waals surface area (Å²) in [6.45, 7) is 8.16. The summed E-state index contributed by atoms with van der Waals surface area (Å²) in [4.78, 5) is 37.4. The monoisotopic (exact) mass is 396 g/mol. The molecule has 0 fully saturated rings. The van der Waals surface area contributed by atoms with Gasteiger partial charge in [0.25, 0.3) is 0 Å². The summed E-state index contributed by atoms with van der Waals surface area (Å²) in [5.74, 6) is -0.769. The maximum absolute atomic E-state index is 12.3. The predicted octanol–water partition coefficient (Wildman–Crippen LogP) is 4.15. The number of nitrogens with zero attached hydrogens (tertiary/aromatic N) is 1. The highest BCUT2D eigenvalue weighted by molar-refractivity contribution is 5.95. The minimum atomic E-state index is -0.433. The van der Waals surface area contributed by atoms with E-state index in [-0.39, 0.29) is 30.2 Å². The Bertz CT molecular complexity index is 865. The molecule has 2 aromatic carbocycles. The van der Waals surface area contributed by atoms with Crippen LogP contribution in [-0.4, -0.2) is 31.4 Å². The van der Waals surface area contributed by atoms with Crippen molar-refractivity contribution in [3.8, 4) is 0 Å². The van der Waals surface area contributed by atoms with Crippen molar-refractivity contribution in [3.05, 3.63) is 59.7 Å². The zero-order valence-electron chi connectivity index (χ0n) is 17.6. The smallest absolute Gasteiger partial charge is 0.337 e. The second-order valence-electron chi connectivity index (χ2n) is 7.83. The van der Waals surface area contributed by atoms with Crippen LogP contribution in [0.15, 0.2) is 48.5 Å². The molecule has 2 amide bonds. The molecule has 0 aromatic heterocycles. The number of carbonyl (C=O) groups is 3. The molecule has 6 nitrogen and oxygen atoms in total. The van der Waals surface area contributed by atoms with E-state index in [0.717, 1.165) is 5.69 Å². The lowest BCUT2D eigenvalue weighted by Crippen LogP contribution is -2.32. The van der Waals surface area contributed by atoms with E-state index in [0.29, 0.717) is 11.3 Å². The Balaban J connectivity index is 1.98. The van der Waals surface area contributed by atoms with E-state index in [2.05, 4.69) is 30.8 Å². The zero-order chi connectivity index (χ0) is 21.6. The molecule has 0 unspecified atom stereocenters. The Morgan fingerprint density at radius 3 is 2.03 bits per heavy atom. The van der Waals surface area contributed by atoms with Gasteiger partial charge < -0.3 is 15.0 Å². The van der Waals surface area contributed by atoms with Gasteiger partial charge in [-0.1, -0.05) is 32.9 Å². The molecule has 154 valence electrons. The molecule has 0 aliphatic rings. The van der Waals surface area contributed by atoms with Crippen molar-refractivity contribution in [2.24, 2.45) is 0 Å². The molecule has 0 aliphatic carbocycles. The third-order valence-electron chi connectivity index (χ3n) is 4.58. The lowest BCUT2D eigenvalue weighted by Gasteiger charge is -2.23. The normalized spacial score (nSPS) is 10.9. The van der Waals surface area contributed by atoms with Crippen LogP contribution in [0.2, 0.25) is 0 Å². The lowest BCUT2D eigenvalue weighted by atomic mass is 9.87. The van der Waals surface area contributed by atoms with Crippen molar-refractivity contribution in [2.45, 2.75) is 39.5 Å². The van der Waals surface area contributed by atoms with Crippen LogP contribution >= 0.6 is 0 Å². The van der Waals surface area contributed by atoms with E-state index in [4.69, 9.17) is 0 Å². The second kappa shape index (κ2) is 9.37. The Morgan fingerprint density at radius 1 is 0.966 bits per heavy atom. The molecule has 0 atom stereocenters. The van der Waals surface area contributed by atoms with Crippen LogP contribution in [0.25, 0.3) is 0 Å². The van der Waals surface area contributed by atoms with Gasteiger partial charge in [0.1, 0.15) is 0 Å². The number of ether oxygens (including phenoxy) is 1. The van der Waals surface area contributed by atoms with Crippen LogP contribution in [0.1, 0.15) is 50.0 Å². The van der Waals surface area contributed by atoms with Gasteiger partial charge in [0.2, 0.25) is 11.8 Å². The van der Waals surface area contributed by atoms with Gasteiger partial charge in [0, 0.05) is 31.3 Å². The standard InChI is InChI=1S/C23H28N2O4/c1-16(26)25(20-12-8-18(9-13-20)23(2,3)4)15-14-21(27)24-19-10-6-17(7-11-19)22(28)29-5/h6-13H,14-15H2,1-5H3,(H,24,27). The van der Waals surface area contributed by atoms with E-state index >= 15 is 0 Å². The van der Waals surface area contributed by atoms with E-state index in [1.54, 1.807) is 29.2 Å². The molecule has 6 heteroatoms. The highest BCUT2D eigenvalue weighted by Crippen LogP contribution is 2.25. The summed E-state index contributed by atoms with van der Waals surface area (Å²) in [5, 5.41) is 2.77. The van der Waals surface area contributed by atoms with Gasteiger partial charge in [-0.05, 0) is 47.4 Å². The van der Waals surface area contributed by atoms with Crippen LogP contribution in [0.5, 0.6) is 0 Å². The molecule has 1 N–H and O–H groups in total. The van der Waals surface area contributed by atoms with Crippen molar-refractivity contribution >= 4 is 29.2 Å². The van der Waals surface area contributed by atoms with Crippen molar-refractivity contribution in [3.63, 3.8) is 0 Å². The lowest BCUT2D eigenvalue weighted by molar-refractivity contribution is -0.117. The number of carbonyl (C=O) groups excluding carboxylic acids is 3. The number of anilines is 2. The van der Waals surface area contributed by atoms with Crippen molar-refractivity contribution in [1.82, 2.24) is 0 Å².